The number of hydrogen-bond acceptors (Lipinski definition) is 5. The van der Waals surface area contributed by atoms with Crippen molar-refractivity contribution in [2.45, 2.75) is 69.0 Å². The van der Waals surface area contributed by atoms with Gasteiger partial charge in [-0.2, -0.15) is 0 Å². The van der Waals surface area contributed by atoms with Crippen LogP contribution in [-0.4, -0.2) is 50.9 Å². The molecule has 1 aliphatic rings. The standard InChI is InChI=1S/C38H43N3O5S/c1-29-21-23-35(24-22-29)47(44,45)41(33-18-10-5-11-19-33)28-37(42)40(27-31-15-12-20-34(25-31)46-2)36(26-30-13-6-3-7-14-30)38(43)39-32-16-8-4-9-17-32/h3,5-7,10-15,18-25,32,36H,4,8-9,16-17,26-28H2,1-2H3,(H,39,43)/t36-/m0/s1. The Morgan fingerprint density at radius 3 is 2.13 bits per heavy atom. The highest BCUT2D eigenvalue weighted by Crippen LogP contribution is 2.26. The first-order valence-electron chi connectivity index (χ1n) is 16.2. The van der Waals surface area contributed by atoms with Crippen LogP contribution in [0.1, 0.15) is 48.8 Å². The Hall–Kier alpha value is -4.63. The maximum Gasteiger partial charge on any atom is 0.264 e. The van der Waals surface area contributed by atoms with E-state index in [1.165, 1.54) is 4.90 Å². The van der Waals surface area contributed by atoms with Crippen LogP contribution >= 0.6 is 0 Å². The number of nitrogens with one attached hydrogen (secondary N) is 1. The number of amides is 2. The van der Waals surface area contributed by atoms with E-state index >= 15 is 0 Å². The second-order valence-electron chi connectivity index (χ2n) is 12.1. The number of benzene rings is 4. The maximum absolute atomic E-state index is 14.7. The summed E-state index contributed by atoms with van der Waals surface area (Å²) in [5.41, 5.74) is 2.93. The molecule has 0 aromatic heterocycles. The Labute approximate surface area is 278 Å². The molecule has 4 aromatic carbocycles. The Morgan fingerprint density at radius 1 is 0.830 bits per heavy atom. The van der Waals surface area contributed by atoms with Crippen LogP contribution in [0, 0.1) is 6.92 Å². The molecule has 0 bridgehead atoms. The molecule has 1 fully saturated rings. The fraction of sp³-hybridized carbons (Fsp3) is 0.316. The van der Waals surface area contributed by atoms with E-state index in [1.807, 2.05) is 61.5 Å². The second-order valence-corrected chi connectivity index (χ2v) is 13.9. The number of para-hydroxylation sites is 1. The summed E-state index contributed by atoms with van der Waals surface area (Å²) in [5.74, 6) is -0.120. The Kier molecular flexibility index (Phi) is 11.3. The van der Waals surface area contributed by atoms with E-state index in [0.717, 1.165) is 53.1 Å². The minimum atomic E-state index is -4.15. The maximum atomic E-state index is 14.7. The van der Waals surface area contributed by atoms with Crippen LogP contribution in [0.2, 0.25) is 0 Å². The van der Waals surface area contributed by atoms with Gasteiger partial charge in [0.05, 0.1) is 17.7 Å². The molecule has 9 heteroatoms. The molecule has 4 aromatic rings. The first-order valence-corrected chi connectivity index (χ1v) is 17.6. The Bertz CT molecular complexity index is 1720. The number of anilines is 1. The fourth-order valence-electron chi connectivity index (χ4n) is 6.03. The van der Waals surface area contributed by atoms with Crippen molar-refractivity contribution in [3.05, 3.63) is 126 Å². The molecule has 0 spiro atoms. The summed E-state index contributed by atoms with van der Waals surface area (Å²) in [7, 11) is -2.57. The van der Waals surface area contributed by atoms with E-state index in [0.29, 0.717) is 11.4 Å². The quantitative estimate of drug-likeness (QED) is 0.183. The van der Waals surface area contributed by atoms with Crippen LogP contribution in [-0.2, 0) is 32.6 Å². The van der Waals surface area contributed by atoms with Crippen LogP contribution < -0.4 is 14.4 Å². The van der Waals surface area contributed by atoms with Crippen molar-refractivity contribution in [1.82, 2.24) is 10.2 Å². The van der Waals surface area contributed by atoms with Gasteiger partial charge in [-0.15, -0.1) is 0 Å². The largest absolute Gasteiger partial charge is 0.497 e. The molecule has 8 nitrogen and oxygen atoms in total. The van der Waals surface area contributed by atoms with Crippen molar-refractivity contribution >= 4 is 27.5 Å². The zero-order chi connectivity index (χ0) is 33.2. The Morgan fingerprint density at radius 2 is 1.47 bits per heavy atom. The summed E-state index contributed by atoms with van der Waals surface area (Å²) in [6, 6.07) is 31.3. The van der Waals surface area contributed by atoms with Gasteiger partial charge in [-0.25, -0.2) is 8.42 Å². The second kappa shape index (κ2) is 15.8. The van der Waals surface area contributed by atoms with Crippen LogP contribution in [0.3, 0.4) is 0 Å². The average Bonchev–Trinajstić information content (AvgIpc) is 3.10. The monoisotopic (exact) mass is 653 g/mol. The van der Waals surface area contributed by atoms with Gasteiger partial charge < -0.3 is 15.0 Å². The topological polar surface area (TPSA) is 96.0 Å². The van der Waals surface area contributed by atoms with Crippen LogP contribution in [0.25, 0.3) is 0 Å². The van der Waals surface area contributed by atoms with Crippen molar-refractivity contribution in [1.29, 1.82) is 0 Å². The molecule has 5 rings (SSSR count). The molecule has 0 unspecified atom stereocenters. The van der Waals surface area contributed by atoms with Gasteiger partial charge in [0.15, 0.2) is 0 Å². The lowest BCUT2D eigenvalue weighted by atomic mass is 9.94. The van der Waals surface area contributed by atoms with Gasteiger partial charge in [-0.3, -0.25) is 13.9 Å². The highest BCUT2D eigenvalue weighted by molar-refractivity contribution is 7.92. The van der Waals surface area contributed by atoms with E-state index in [1.54, 1.807) is 61.7 Å². The van der Waals surface area contributed by atoms with Gasteiger partial charge >= 0.3 is 0 Å². The lowest BCUT2D eigenvalue weighted by molar-refractivity contribution is -0.140. The van der Waals surface area contributed by atoms with E-state index < -0.39 is 28.5 Å². The van der Waals surface area contributed by atoms with E-state index in [2.05, 4.69) is 5.32 Å². The minimum absolute atomic E-state index is 0.0334. The van der Waals surface area contributed by atoms with E-state index in [-0.39, 0.29) is 29.8 Å². The van der Waals surface area contributed by atoms with Gasteiger partial charge in [0.1, 0.15) is 18.3 Å². The van der Waals surface area contributed by atoms with Crippen molar-refractivity contribution in [2.24, 2.45) is 0 Å². The summed E-state index contributed by atoms with van der Waals surface area (Å²) in [6.45, 7) is 1.47. The SMILES string of the molecule is COc1cccc(CN(C(=O)CN(c2ccccc2)S(=O)(=O)c2ccc(C)cc2)[C@@H](Cc2ccccc2)C(=O)NC2CCCCC2)c1. The van der Waals surface area contributed by atoms with Crippen LogP contribution in [0.15, 0.2) is 114 Å². The van der Waals surface area contributed by atoms with Gasteiger partial charge in [-0.05, 0) is 67.3 Å². The van der Waals surface area contributed by atoms with Crippen LogP contribution in [0.4, 0.5) is 5.69 Å². The number of ether oxygens (including phenoxy) is 1. The summed E-state index contributed by atoms with van der Waals surface area (Å²) < 4.78 is 34.9. The molecule has 0 saturated heterocycles. The molecule has 1 aliphatic carbocycles. The zero-order valence-electron chi connectivity index (χ0n) is 27.0. The van der Waals surface area contributed by atoms with Gasteiger partial charge in [0.2, 0.25) is 11.8 Å². The zero-order valence-corrected chi connectivity index (χ0v) is 27.9. The molecule has 0 heterocycles. The molecule has 1 saturated carbocycles. The molecule has 1 N–H and O–H groups in total. The van der Waals surface area contributed by atoms with E-state index in [9.17, 15) is 18.0 Å². The fourth-order valence-corrected chi connectivity index (χ4v) is 7.44. The number of methoxy groups -OCH3 is 1. The highest BCUT2D eigenvalue weighted by atomic mass is 32.2. The summed E-state index contributed by atoms with van der Waals surface area (Å²) >= 11 is 0. The summed E-state index contributed by atoms with van der Waals surface area (Å²) in [4.78, 5) is 30.5. The smallest absolute Gasteiger partial charge is 0.264 e. The van der Waals surface area contributed by atoms with Gasteiger partial charge in [0, 0.05) is 19.0 Å². The number of hydrogen-bond donors (Lipinski definition) is 1. The normalized spacial score (nSPS) is 14.2. The molecule has 246 valence electrons. The Balaban J connectivity index is 1.56. The van der Waals surface area contributed by atoms with E-state index in [4.69, 9.17) is 4.74 Å². The summed E-state index contributed by atoms with van der Waals surface area (Å²) in [5, 5.41) is 3.24. The average molecular weight is 654 g/mol. The number of carbonyl (C=O) groups is 2. The lowest BCUT2D eigenvalue weighted by Crippen LogP contribution is -2.55. The first kappa shape index (κ1) is 33.7. The molecule has 1 atom stereocenters. The first-order chi connectivity index (χ1) is 22.7. The molecule has 2 amide bonds. The van der Waals surface area contributed by atoms with Gasteiger partial charge in [-0.1, -0.05) is 97.6 Å². The van der Waals surface area contributed by atoms with Gasteiger partial charge in [0.25, 0.3) is 10.0 Å². The highest BCUT2D eigenvalue weighted by Gasteiger charge is 2.35. The third-order valence-electron chi connectivity index (χ3n) is 8.64. The predicted molar refractivity (Wildman–Crippen MR) is 185 cm³/mol. The van der Waals surface area contributed by atoms with Crippen LogP contribution in [0.5, 0.6) is 5.75 Å². The third-order valence-corrected chi connectivity index (χ3v) is 10.4. The minimum Gasteiger partial charge on any atom is -0.497 e. The number of rotatable bonds is 13. The third kappa shape index (κ3) is 8.80. The van der Waals surface area contributed by atoms with Crippen molar-refractivity contribution < 1.29 is 22.7 Å². The molecular formula is C38H43N3O5S. The van der Waals surface area contributed by atoms with Crippen molar-refractivity contribution in [3.63, 3.8) is 0 Å². The summed E-state index contributed by atoms with van der Waals surface area (Å²) in [6.07, 6.45) is 5.29. The number of aryl methyl sites for hydroxylation is 1. The van der Waals surface area contributed by atoms with Crippen molar-refractivity contribution in [3.8, 4) is 5.75 Å². The predicted octanol–water partition coefficient (Wildman–Crippen LogP) is 6.29. The number of sulfonamides is 1. The lowest BCUT2D eigenvalue weighted by Gasteiger charge is -2.35. The van der Waals surface area contributed by atoms with Crippen molar-refractivity contribution in [2.75, 3.05) is 18.0 Å². The number of carbonyl (C=O) groups excluding carboxylic acids is 2. The molecular weight excluding hydrogens is 611 g/mol. The molecule has 47 heavy (non-hydrogen) atoms. The number of nitrogens with zero attached hydrogens (tertiary/aromatic N) is 2. The molecule has 0 aliphatic heterocycles. The molecule has 0 radical (unpaired) electrons.